The van der Waals surface area contributed by atoms with E-state index in [-0.39, 0.29) is 11.8 Å². The molecule has 8 heteroatoms. The second-order valence-electron chi connectivity index (χ2n) is 7.84. The molecular formula is C24H28N4O4. The molecule has 168 valence electrons. The molecule has 1 saturated heterocycles. The molecule has 32 heavy (non-hydrogen) atoms. The topological polar surface area (TPSA) is 89.7 Å². The van der Waals surface area contributed by atoms with Crippen LogP contribution in [-0.4, -0.2) is 48.3 Å². The summed E-state index contributed by atoms with van der Waals surface area (Å²) in [7, 11) is 3.21. The summed E-state index contributed by atoms with van der Waals surface area (Å²) < 4.78 is 16.0. The van der Waals surface area contributed by atoms with Crippen molar-refractivity contribution in [2.24, 2.45) is 5.92 Å². The lowest BCUT2D eigenvalue weighted by molar-refractivity contribution is -0.126. The summed E-state index contributed by atoms with van der Waals surface area (Å²) >= 11 is 0. The first kappa shape index (κ1) is 21.8. The Kier molecular flexibility index (Phi) is 7.01. The number of nitrogens with one attached hydrogen (secondary N) is 1. The maximum atomic E-state index is 12.6. The van der Waals surface area contributed by atoms with Crippen LogP contribution < -0.4 is 14.8 Å². The molecule has 1 fully saturated rings. The number of likely N-dealkylation sites (tertiary alicyclic amines) is 1. The molecule has 0 radical (unpaired) electrons. The molecule has 0 spiro atoms. The smallest absolute Gasteiger partial charge is 0.241 e. The fraction of sp³-hybridized carbons (Fsp3) is 0.375. The molecule has 3 aromatic rings. The van der Waals surface area contributed by atoms with Gasteiger partial charge in [-0.25, -0.2) is 0 Å². The summed E-state index contributed by atoms with van der Waals surface area (Å²) in [4.78, 5) is 19.4. The Morgan fingerprint density at radius 2 is 1.84 bits per heavy atom. The number of nitrogens with zero attached hydrogens (tertiary/aromatic N) is 3. The van der Waals surface area contributed by atoms with Crippen LogP contribution in [0.3, 0.4) is 0 Å². The van der Waals surface area contributed by atoms with Crippen molar-refractivity contribution >= 4 is 5.91 Å². The number of rotatable bonds is 8. The molecule has 0 aliphatic carbocycles. The standard InChI is InChI=1S/C24H28N4O4/c1-30-20-9-8-17(14-21(20)31-2)15-25-24(29)19-10-12-28(13-11-19)16-22-26-23(27-32-22)18-6-4-3-5-7-18/h3-9,14,19H,10-13,15-16H2,1-2H3,(H,25,29). The Labute approximate surface area is 187 Å². The third kappa shape index (κ3) is 5.26. The lowest BCUT2D eigenvalue weighted by atomic mass is 9.96. The second kappa shape index (κ2) is 10.3. The predicted octanol–water partition coefficient (Wildman–Crippen LogP) is 3.28. The van der Waals surface area contributed by atoms with Crippen LogP contribution in [0.15, 0.2) is 53.1 Å². The van der Waals surface area contributed by atoms with Crippen LogP contribution in [0.2, 0.25) is 0 Å². The highest BCUT2D eigenvalue weighted by atomic mass is 16.5. The molecule has 0 bridgehead atoms. The van der Waals surface area contributed by atoms with E-state index in [2.05, 4.69) is 20.4 Å². The van der Waals surface area contributed by atoms with Crippen LogP contribution in [0.25, 0.3) is 11.4 Å². The number of benzene rings is 2. The van der Waals surface area contributed by atoms with Gasteiger partial charge in [0.15, 0.2) is 11.5 Å². The van der Waals surface area contributed by atoms with E-state index in [1.54, 1.807) is 14.2 Å². The van der Waals surface area contributed by atoms with Crippen molar-refractivity contribution in [3.8, 4) is 22.9 Å². The van der Waals surface area contributed by atoms with Gasteiger partial charge in [-0.05, 0) is 43.6 Å². The Balaban J connectivity index is 1.24. The van der Waals surface area contributed by atoms with Gasteiger partial charge in [0.2, 0.25) is 17.6 Å². The lowest BCUT2D eigenvalue weighted by Gasteiger charge is -2.30. The maximum Gasteiger partial charge on any atom is 0.241 e. The van der Waals surface area contributed by atoms with E-state index in [1.807, 2.05) is 48.5 Å². The number of amides is 1. The quantitative estimate of drug-likeness (QED) is 0.580. The zero-order valence-corrected chi connectivity index (χ0v) is 18.4. The van der Waals surface area contributed by atoms with Crippen LogP contribution >= 0.6 is 0 Å². The van der Waals surface area contributed by atoms with Gasteiger partial charge in [0.05, 0.1) is 20.8 Å². The largest absolute Gasteiger partial charge is 0.493 e. The normalized spacial score (nSPS) is 14.8. The van der Waals surface area contributed by atoms with Gasteiger partial charge in [-0.2, -0.15) is 4.98 Å². The Morgan fingerprint density at radius 3 is 2.56 bits per heavy atom. The minimum Gasteiger partial charge on any atom is -0.493 e. The number of hydrogen-bond donors (Lipinski definition) is 1. The molecule has 0 unspecified atom stereocenters. The van der Waals surface area contributed by atoms with Gasteiger partial charge in [0, 0.05) is 18.0 Å². The molecule has 1 amide bonds. The van der Waals surface area contributed by atoms with E-state index in [0.29, 0.717) is 36.3 Å². The molecular weight excluding hydrogens is 408 g/mol. The number of methoxy groups -OCH3 is 2. The number of ether oxygens (including phenoxy) is 2. The average molecular weight is 437 g/mol. The van der Waals surface area contributed by atoms with Crippen molar-refractivity contribution in [1.29, 1.82) is 0 Å². The first-order valence-corrected chi connectivity index (χ1v) is 10.7. The van der Waals surface area contributed by atoms with Crippen molar-refractivity contribution < 1.29 is 18.8 Å². The number of carbonyl (C=O) groups is 1. The molecule has 1 N–H and O–H groups in total. The minimum absolute atomic E-state index is 0.00830. The molecule has 0 atom stereocenters. The third-order valence-electron chi connectivity index (χ3n) is 5.73. The van der Waals surface area contributed by atoms with Crippen LogP contribution in [0.1, 0.15) is 24.3 Å². The number of carbonyl (C=O) groups excluding carboxylic acids is 1. The summed E-state index contributed by atoms with van der Waals surface area (Å²) in [5.41, 5.74) is 1.91. The van der Waals surface area contributed by atoms with E-state index in [0.717, 1.165) is 37.1 Å². The Bertz CT molecular complexity index is 1030. The molecule has 1 aromatic heterocycles. The van der Waals surface area contributed by atoms with Crippen LogP contribution in [0.5, 0.6) is 11.5 Å². The molecule has 2 aromatic carbocycles. The molecule has 8 nitrogen and oxygen atoms in total. The van der Waals surface area contributed by atoms with Crippen molar-refractivity contribution in [1.82, 2.24) is 20.4 Å². The van der Waals surface area contributed by atoms with Crippen molar-refractivity contribution in [2.75, 3.05) is 27.3 Å². The van der Waals surface area contributed by atoms with Crippen molar-refractivity contribution in [3.05, 3.63) is 60.0 Å². The predicted molar refractivity (Wildman–Crippen MR) is 119 cm³/mol. The summed E-state index contributed by atoms with van der Waals surface area (Å²) in [5, 5.41) is 7.13. The third-order valence-corrected chi connectivity index (χ3v) is 5.73. The number of hydrogen-bond acceptors (Lipinski definition) is 7. The van der Waals surface area contributed by atoms with Crippen LogP contribution in [0, 0.1) is 5.92 Å². The average Bonchev–Trinajstić information content (AvgIpc) is 3.31. The van der Waals surface area contributed by atoms with Gasteiger partial charge in [0.1, 0.15) is 0 Å². The molecule has 0 saturated carbocycles. The maximum absolute atomic E-state index is 12.6. The monoisotopic (exact) mass is 436 g/mol. The lowest BCUT2D eigenvalue weighted by Crippen LogP contribution is -2.40. The summed E-state index contributed by atoms with van der Waals surface area (Å²) in [6.45, 7) is 2.69. The summed E-state index contributed by atoms with van der Waals surface area (Å²) in [6, 6.07) is 15.4. The summed E-state index contributed by atoms with van der Waals surface area (Å²) in [6.07, 6.45) is 1.61. The van der Waals surface area contributed by atoms with Gasteiger partial charge in [-0.1, -0.05) is 41.6 Å². The second-order valence-corrected chi connectivity index (χ2v) is 7.84. The first-order chi connectivity index (χ1) is 15.7. The SMILES string of the molecule is COc1ccc(CNC(=O)C2CCN(Cc3nc(-c4ccccc4)no3)CC2)cc1OC. The van der Waals surface area contributed by atoms with E-state index in [1.165, 1.54) is 0 Å². The van der Waals surface area contributed by atoms with E-state index < -0.39 is 0 Å². The van der Waals surface area contributed by atoms with Gasteiger partial charge >= 0.3 is 0 Å². The van der Waals surface area contributed by atoms with Crippen molar-refractivity contribution in [3.63, 3.8) is 0 Å². The fourth-order valence-corrected chi connectivity index (χ4v) is 3.89. The molecule has 2 heterocycles. The van der Waals surface area contributed by atoms with Crippen LogP contribution in [0.4, 0.5) is 0 Å². The van der Waals surface area contributed by atoms with Gasteiger partial charge in [0.25, 0.3) is 0 Å². The van der Waals surface area contributed by atoms with Gasteiger partial charge in [-0.15, -0.1) is 0 Å². The van der Waals surface area contributed by atoms with E-state index in [4.69, 9.17) is 14.0 Å². The summed E-state index contributed by atoms with van der Waals surface area (Å²) in [5.74, 6) is 2.62. The Morgan fingerprint density at radius 1 is 1.09 bits per heavy atom. The highest BCUT2D eigenvalue weighted by molar-refractivity contribution is 5.78. The molecule has 4 rings (SSSR count). The number of aromatic nitrogens is 2. The van der Waals surface area contributed by atoms with E-state index >= 15 is 0 Å². The fourth-order valence-electron chi connectivity index (χ4n) is 3.89. The highest BCUT2D eigenvalue weighted by Gasteiger charge is 2.26. The molecule has 1 aliphatic heterocycles. The van der Waals surface area contributed by atoms with Gasteiger partial charge in [-0.3, -0.25) is 9.69 Å². The zero-order valence-electron chi connectivity index (χ0n) is 18.4. The molecule has 1 aliphatic rings. The first-order valence-electron chi connectivity index (χ1n) is 10.7. The van der Waals surface area contributed by atoms with E-state index in [9.17, 15) is 4.79 Å². The van der Waals surface area contributed by atoms with Crippen molar-refractivity contribution in [2.45, 2.75) is 25.9 Å². The minimum atomic E-state index is 0.00830. The van der Waals surface area contributed by atoms with Gasteiger partial charge < -0.3 is 19.3 Å². The highest BCUT2D eigenvalue weighted by Crippen LogP contribution is 2.27. The zero-order chi connectivity index (χ0) is 22.3. The number of piperidine rings is 1. The van der Waals surface area contributed by atoms with Crippen LogP contribution in [-0.2, 0) is 17.9 Å². The Hall–Kier alpha value is -3.39.